The number of amides is 2. The van der Waals surface area contributed by atoms with Gasteiger partial charge in [-0.3, -0.25) is 14.6 Å². The zero-order chi connectivity index (χ0) is 20.0. The number of nitrogens with zero attached hydrogens (tertiary/aromatic N) is 2. The molecule has 0 spiro atoms. The molecule has 4 atom stereocenters. The summed E-state index contributed by atoms with van der Waals surface area (Å²) in [5.74, 6) is -0.587. The predicted octanol–water partition coefficient (Wildman–Crippen LogP) is 2.20. The number of aromatic amines is 1. The molecule has 2 N–H and O–H groups in total. The van der Waals surface area contributed by atoms with Crippen molar-refractivity contribution in [1.82, 2.24) is 15.2 Å². The van der Waals surface area contributed by atoms with Crippen molar-refractivity contribution in [2.45, 2.75) is 43.8 Å². The van der Waals surface area contributed by atoms with Gasteiger partial charge in [-0.05, 0) is 29.9 Å². The average Bonchev–Trinajstić information content (AvgIpc) is 3.30. The Balaban J connectivity index is 1.72. The number of carbonyl (C=O) groups excluding carboxylic acids is 2. The maximum atomic E-state index is 13.4. The maximum Gasteiger partial charge on any atom is 0.249 e. The summed E-state index contributed by atoms with van der Waals surface area (Å²) in [7, 11) is 1.54. The summed E-state index contributed by atoms with van der Waals surface area (Å²) in [5.41, 5.74) is 2.83. The Kier molecular flexibility index (Phi) is 4.62. The summed E-state index contributed by atoms with van der Waals surface area (Å²) in [6.45, 7) is 0.473. The predicted molar refractivity (Wildman–Crippen MR) is 110 cm³/mol. The second-order valence-corrected chi connectivity index (χ2v) is 8.20. The normalized spacial score (nSPS) is 29.1. The van der Waals surface area contributed by atoms with E-state index in [1.54, 1.807) is 7.11 Å². The Morgan fingerprint density at radius 3 is 3.00 bits per heavy atom. The van der Waals surface area contributed by atoms with Crippen LogP contribution in [0.25, 0.3) is 10.9 Å². The molecule has 2 amide bonds. The van der Waals surface area contributed by atoms with E-state index in [4.69, 9.17) is 9.73 Å². The quantitative estimate of drug-likeness (QED) is 0.837. The molecule has 152 valence electrons. The monoisotopic (exact) mass is 394 g/mol. The number of aromatic nitrogens is 1. The number of ether oxygens (including phenoxy) is 1. The average molecular weight is 394 g/mol. The van der Waals surface area contributed by atoms with E-state index < -0.39 is 12.0 Å². The lowest BCUT2D eigenvalue weighted by molar-refractivity contribution is -0.143. The van der Waals surface area contributed by atoms with Crippen LogP contribution in [0.3, 0.4) is 0 Å². The fourth-order valence-electron chi connectivity index (χ4n) is 5.37. The molecule has 3 aliphatic rings. The minimum absolute atomic E-state index is 0.00406. The van der Waals surface area contributed by atoms with Gasteiger partial charge in [-0.15, -0.1) is 0 Å². The molecule has 3 heterocycles. The lowest BCUT2D eigenvalue weighted by Gasteiger charge is -2.42. The van der Waals surface area contributed by atoms with E-state index in [1.807, 2.05) is 35.4 Å². The van der Waals surface area contributed by atoms with Gasteiger partial charge in [-0.25, -0.2) is 0 Å². The van der Waals surface area contributed by atoms with Crippen LogP contribution in [0, 0.1) is 5.92 Å². The van der Waals surface area contributed by atoms with E-state index in [1.165, 1.54) is 0 Å². The second-order valence-electron chi connectivity index (χ2n) is 8.20. The Labute approximate surface area is 169 Å². The SMILES string of the molecule is COCC(=O)N1C2CCCC[C@H]2N=C2CNC(=O)C2[C@H]1c1cccc2cc[nH]c12. The van der Waals surface area contributed by atoms with E-state index >= 15 is 0 Å². The molecule has 2 aliphatic heterocycles. The largest absolute Gasteiger partial charge is 0.375 e. The van der Waals surface area contributed by atoms with E-state index in [2.05, 4.69) is 10.3 Å². The van der Waals surface area contributed by atoms with Gasteiger partial charge in [0.25, 0.3) is 0 Å². The number of carbonyl (C=O) groups is 2. The third-order valence-electron chi connectivity index (χ3n) is 6.58. The van der Waals surface area contributed by atoms with Crippen LogP contribution in [0.1, 0.15) is 37.3 Å². The van der Waals surface area contributed by atoms with Gasteiger partial charge in [0.15, 0.2) is 0 Å². The molecule has 29 heavy (non-hydrogen) atoms. The van der Waals surface area contributed by atoms with E-state index in [0.29, 0.717) is 6.54 Å². The van der Waals surface area contributed by atoms with Crippen molar-refractivity contribution in [2.24, 2.45) is 10.9 Å². The minimum Gasteiger partial charge on any atom is -0.375 e. The second kappa shape index (κ2) is 7.30. The molecule has 2 fully saturated rings. The lowest BCUT2D eigenvalue weighted by atomic mass is 9.85. The Morgan fingerprint density at radius 1 is 1.28 bits per heavy atom. The van der Waals surface area contributed by atoms with Crippen molar-refractivity contribution in [3.05, 3.63) is 36.0 Å². The summed E-state index contributed by atoms with van der Waals surface area (Å²) in [5, 5.41) is 4.04. The van der Waals surface area contributed by atoms with Crippen molar-refractivity contribution in [3.63, 3.8) is 0 Å². The first-order valence-corrected chi connectivity index (χ1v) is 10.4. The summed E-state index contributed by atoms with van der Waals surface area (Å²) in [6, 6.07) is 7.73. The number of H-pyrrole nitrogens is 1. The highest BCUT2D eigenvalue weighted by molar-refractivity contribution is 6.12. The number of hydrogen-bond acceptors (Lipinski definition) is 4. The molecular weight excluding hydrogens is 368 g/mol. The molecular formula is C22H26N4O3. The van der Waals surface area contributed by atoms with Gasteiger partial charge in [0.1, 0.15) is 12.5 Å². The Morgan fingerprint density at radius 2 is 2.14 bits per heavy atom. The number of hydrogen-bond donors (Lipinski definition) is 2. The van der Waals surface area contributed by atoms with Crippen LogP contribution in [-0.2, 0) is 14.3 Å². The number of nitrogens with one attached hydrogen (secondary N) is 2. The fourth-order valence-corrected chi connectivity index (χ4v) is 5.37. The third-order valence-corrected chi connectivity index (χ3v) is 6.58. The van der Waals surface area contributed by atoms with E-state index in [-0.39, 0.29) is 30.5 Å². The van der Waals surface area contributed by atoms with Crippen molar-refractivity contribution in [1.29, 1.82) is 0 Å². The van der Waals surface area contributed by atoms with Gasteiger partial charge in [-0.2, -0.15) is 0 Å². The Hall–Kier alpha value is -2.67. The first kappa shape index (κ1) is 18.4. The third kappa shape index (κ3) is 2.95. The number of fused-ring (bicyclic) bond motifs is 3. The molecule has 2 unspecified atom stereocenters. The molecule has 7 nitrogen and oxygen atoms in total. The zero-order valence-corrected chi connectivity index (χ0v) is 16.6. The Bertz CT molecular complexity index is 981. The van der Waals surface area contributed by atoms with Crippen molar-refractivity contribution in [3.8, 4) is 0 Å². The molecule has 1 aliphatic carbocycles. The van der Waals surface area contributed by atoms with Crippen molar-refractivity contribution < 1.29 is 14.3 Å². The number of methoxy groups -OCH3 is 1. The summed E-state index contributed by atoms with van der Waals surface area (Å²) in [4.78, 5) is 36.6. The zero-order valence-electron chi connectivity index (χ0n) is 16.6. The van der Waals surface area contributed by atoms with E-state index in [9.17, 15) is 9.59 Å². The molecule has 0 bridgehead atoms. The van der Waals surface area contributed by atoms with Gasteiger partial charge in [0.2, 0.25) is 11.8 Å². The van der Waals surface area contributed by atoms with Crippen LogP contribution in [0.5, 0.6) is 0 Å². The first-order chi connectivity index (χ1) is 14.2. The number of para-hydroxylation sites is 1. The topological polar surface area (TPSA) is 86.8 Å². The van der Waals surface area contributed by atoms with Gasteiger partial charge in [-0.1, -0.05) is 31.0 Å². The highest BCUT2D eigenvalue weighted by Gasteiger charge is 2.49. The van der Waals surface area contributed by atoms with E-state index in [0.717, 1.165) is 47.9 Å². The van der Waals surface area contributed by atoms with Gasteiger partial charge in [0.05, 0.1) is 30.2 Å². The molecule has 1 aromatic carbocycles. The molecule has 1 aromatic heterocycles. The maximum absolute atomic E-state index is 13.4. The highest BCUT2D eigenvalue weighted by atomic mass is 16.5. The molecule has 0 radical (unpaired) electrons. The molecule has 1 saturated carbocycles. The van der Waals surface area contributed by atoms with Gasteiger partial charge < -0.3 is 19.9 Å². The molecule has 5 rings (SSSR count). The van der Waals surface area contributed by atoms with Crippen LogP contribution < -0.4 is 5.32 Å². The number of aliphatic imine (C=N–C) groups is 1. The standard InChI is InChI=1S/C22H26N4O3/c1-29-12-18(27)26-17-8-3-2-7-15(17)25-16-11-24-22(28)19(16)21(26)14-6-4-5-13-9-10-23-20(13)14/h4-6,9-10,15,17,19,21,23H,2-3,7-8,11-12H2,1H3,(H,24,28)/t15-,17?,19?,21-/m1/s1. The summed E-state index contributed by atoms with van der Waals surface area (Å²) >= 11 is 0. The van der Waals surface area contributed by atoms with Gasteiger partial charge in [0, 0.05) is 19.0 Å². The molecule has 1 saturated heterocycles. The van der Waals surface area contributed by atoms with Crippen LogP contribution >= 0.6 is 0 Å². The smallest absolute Gasteiger partial charge is 0.249 e. The lowest BCUT2D eigenvalue weighted by Crippen LogP contribution is -2.52. The van der Waals surface area contributed by atoms with Gasteiger partial charge >= 0.3 is 0 Å². The van der Waals surface area contributed by atoms with Crippen LogP contribution in [0.2, 0.25) is 0 Å². The van der Waals surface area contributed by atoms with Crippen LogP contribution in [0.15, 0.2) is 35.5 Å². The fraction of sp³-hybridized carbons (Fsp3) is 0.500. The first-order valence-electron chi connectivity index (χ1n) is 10.4. The molecule has 7 heteroatoms. The van der Waals surface area contributed by atoms with Crippen LogP contribution in [0.4, 0.5) is 0 Å². The van der Waals surface area contributed by atoms with Crippen molar-refractivity contribution >= 4 is 28.4 Å². The number of rotatable bonds is 3. The molecule has 2 aromatic rings. The van der Waals surface area contributed by atoms with Crippen LogP contribution in [-0.4, -0.2) is 59.8 Å². The highest BCUT2D eigenvalue weighted by Crippen LogP contribution is 2.42. The summed E-state index contributed by atoms with van der Waals surface area (Å²) in [6.07, 6.45) is 5.93. The summed E-state index contributed by atoms with van der Waals surface area (Å²) < 4.78 is 5.24. The number of benzene rings is 1. The minimum atomic E-state index is -0.463. The van der Waals surface area contributed by atoms with Crippen molar-refractivity contribution in [2.75, 3.05) is 20.3 Å².